The summed E-state index contributed by atoms with van der Waals surface area (Å²) in [4.78, 5) is 72.6. The number of unbranched alkanes of at least 4 members (excludes halogenated alkanes) is 33. The first-order chi connectivity index (χ1) is 43.7. The van der Waals surface area contributed by atoms with Crippen molar-refractivity contribution >= 4 is 39.5 Å². The molecular weight excluding hydrogens is 1200 g/mol. The monoisotopic (exact) mass is 1330 g/mol. The second-order valence-corrected chi connectivity index (χ2v) is 29.6. The van der Waals surface area contributed by atoms with Gasteiger partial charge in [-0.05, 0) is 69.1 Å². The van der Waals surface area contributed by atoms with Crippen LogP contribution in [-0.4, -0.2) is 96.7 Å². The van der Waals surface area contributed by atoms with Crippen molar-refractivity contribution in [3.05, 3.63) is 24.3 Å². The normalized spacial score (nSPS) is 14.3. The van der Waals surface area contributed by atoms with Crippen molar-refractivity contribution in [3.63, 3.8) is 0 Å². The number of hydrogen-bond donors (Lipinski definition) is 3. The summed E-state index contributed by atoms with van der Waals surface area (Å²) in [5.41, 5.74) is 0. The molecule has 0 aliphatic heterocycles. The number of phosphoric ester groups is 2. The quantitative estimate of drug-likeness (QED) is 0.0169. The number of aliphatic hydroxyl groups is 1. The molecule has 0 amide bonds. The van der Waals surface area contributed by atoms with Crippen LogP contribution in [0.5, 0.6) is 0 Å². The van der Waals surface area contributed by atoms with Crippen LogP contribution in [0.4, 0.5) is 0 Å². The molecule has 0 bridgehead atoms. The number of esters is 4. The van der Waals surface area contributed by atoms with Gasteiger partial charge in [0, 0.05) is 25.7 Å². The first kappa shape index (κ1) is 88.5. The Morgan fingerprint density at radius 1 is 0.341 bits per heavy atom. The predicted octanol–water partition coefficient (Wildman–Crippen LogP) is 20.2. The first-order valence-electron chi connectivity index (χ1n) is 36.7. The van der Waals surface area contributed by atoms with E-state index in [0.717, 1.165) is 121 Å². The summed E-state index contributed by atoms with van der Waals surface area (Å²) in [6.07, 6.45) is 49.5. The van der Waals surface area contributed by atoms with Gasteiger partial charge >= 0.3 is 39.5 Å². The zero-order valence-electron chi connectivity index (χ0n) is 58.8. The molecule has 2 unspecified atom stereocenters. The molecule has 0 aliphatic carbocycles. The molecule has 0 radical (unpaired) electrons. The maximum absolute atomic E-state index is 13.0. The Morgan fingerprint density at radius 3 is 0.890 bits per heavy atom. The highest BCUT2D eigenvalue weighted by atomic mass is 31.2. The number of aliphatic hydroxyl groups excluding tert-OH is 1. The number of allylic oxidation sites excluding steroid dienone is 4. The highest BCUT2D eigenvalue weighted by Gasteiger charge is 2.30. The zero-order valence-corrected chi connectivity index (χ0v) is 60.6. The van der Waals surface area contributed by atoms with Crippen molar-refractivity contribution in [1.29, 1.82) is 0 Å². The van der Waals surface area contributed by atoms with E-state index in [1.165, 1.54) is 128 Å². The summed E-state index contributed by atoms with van der Waals surface area (Å²) in [5, 5.41) is 10.6. The van der Waals surface area contributed by atoms with Crippen LogP contribution < -0.4 is 0 Å². The molecule has 0 saturated heterocycles. The molecule has 17 nitrogen and oxygen atoms in total. The van der Waals surface area contributed by atoms with E-state index < -0.39 is 97.5 Å². The van der Waals surface area contributed by atoms with Gasteiger partial charge in [-0.1, -0.05) is 285 Å². The van der Waals surface area contributed by atoms with E-state index in [4.69, 9.17) is 37.0 Å². The molecule has 0 fully saturated rings. The van der Waals surface area contributed by atoms with Crippen LogP contribution in [0, 0.1) is 17.8 Å². The Labute approximate surface area is 554 Å². The standard InChI is InChI=1S/C72H136O17P2/c1-8-9-10-11-12-13-14-15-16-17-20-27-32-41-48-55-71(76)89-68(60-83-70(75)54-47-40-35-34-38-45-52-65(6)7)62-87-91(80,81)85-58-66(73)57-84-90(78,79)86-61-67(88-72(77)56-49-42-33-28-23-22-25-30-37-44-51-64(4)5)59-82-69(74)53-46-39-31-26-21-18-19-24-29-36-43-50-63(2)3/h13-16,63-68,73H,8-12,17-62H2,1-7H3,(H,78,79)(H,80,81)/b14-13-,16-15-/t66-,67-,68-/m1/s1. The molecule has 91 heavy (non-hydrogen) atoms. The number of phosphoric acid groups is 2. The number of rotatable bonds is 68. The average Bonchev–Trinajstić information content (AvgIpc) is 3.28. The van der Waals surface area contributed by atoms with Gasteiger partial charge in [-0.3, -0.25) is 37.3 Å². The second kappa shape index (κ2) is 62.4. The average molecular weight is 1340 g/mol. The smallest absolute Gasteiger partial charge is 0.462 e. The van der Waals surface area contributed by atoms with Gasteiger partial charge in [-0.2, -0.15) is 0 Å². The van der Waals surface area contributed by atoms with E-state index in [1.807, 2.05) is 0 Å². The molecule has 0 aromatic carbocycles. The lowest BCUT2D eigenvalue weighted by Crippen LogP contribution is -2.30. The number of hydrogen-bond acceptors (Lipinski definition) is 15. The fourth-order valence-electron chi connectivity index (χ4n) is 10.4. The Kier molecular flexibility index (Phi) is 60.7. The van der Waals surface area contributed by atoms with E-state index in [2.05, 4.69) is 72.8 Å². The maximum Gasteiger partial charge on any atom is 0.472 e. The van der Waals surface area contributed by atoms with Crippen molar-refractivity contribution in [3.8, 4) is 0 Å². The minimum atomic E-state index is -4.96. The topological polar surface area (TPSA) is 237 Å². The number of carbonyl (C=O) groups excluding carboxylic acids is 4. The molecule has 5 atom stereocenters. The number of ether oxygens (including phenoxy) is 4. The fraction of sp³-hybridized carbons (Fsp3) is 0.889. The van der Waals surface area contributed by atoms with Crippen LogP contribution in [-0.2, 0) is 65.4 Å². The minimum absolute atomic E-state index is 0.0835. The molecule has 19 heteroatoms. The minimum Gasteiger partial charge on any atom is -0.462 e. The molecule has 0 saturated carbocycles. The lowest BCUT2D eigenvalue weighted by atomic mass is 10.0. The molecule has 3 N–H and O–H groups in total. The SMILES string of the molecule is CCCCCC/C=C\C=C/CCCCCCCC(=O)O[C@H](COC(=O)CCCCCCCCC(C)C)COP(=O)(O)OC[C@H](O)COP(=O)(O)OC[C@@H](COC(=O)CCCCCCCCCCCCCC(C)C)OC(=O)CCCCCCCCCCCCC(C)C. The van der Waals surface area contributed by atoms with E-state index in [0.29, 0.717) is 31.6 Å². The molecule has 536 valence electrons. The van der Waals surface area contributed by atoms with E-state index in [-0.39, 0.29) is 25.7 Å². The summed E-state index contributed by atoms with van der Waals surface area (Å²) in [6, 6.07) is 0. The van der Waals surface area contributed by atoms with Gasteiger partial charge in [-0.15, -0.1) is 0 Å². The maximum atomic E-state index is 13.0. The van der Waals surface area contributed by atoms with Crippen LogP contribution in [0.25, 0.3) is 0 Å². The summed E-state index contributed by atoms with van der Waals surface area (Å²) in [6.45, 7) is 11.7. The molecule has 0 aromatic rings. The Balaban J connectivity index is 5.28. The lowest BCUT2D eigenvalue weighted by Gasteiger charge is -2.21. The summed E-state index contributed by atoms with van der Waals surface area (Å²) in [7, 11) is -9.92. The third-order valence-corrected chi connectivity index (χ3v) is 17.9. The van der Waals surface area contributed by atoms with Gasteiger partial charge in [0.25, 0.3) is 0 Å². The third kappa shape index (κ3) is 66.0. The summed E-state index contributed by atoms with van der Waals surface area (Å²) in [5.74, 6) is 0.0397. The molecule has 0 spiro atoms. The van der Waals surface area contributed by atoms with Crippen molar-refractivity contribution in [1.82, 2.24) is 0 Å². The fourth-order valence-corrected chi connectivity index (χ4v) is 11.9. The van der Waals surface area contributed by atoms with Crippen LogP contribution >= 0.6 is 15.6 Å². The molecule has 0 aliphatic rings. The molecule has 0 aromatic heterocycles. The molecule has 0 rings (SSSR count). The zero-order chi connectivity index (χ0) is 67.3. The molecular formula is C72H136O17P2. The van der Waals surface area contributed by atoms with E-state index >= 15 is 0 Å². The van der Waals surface area contributed by atoms with Crippen molar-refractivity contribution in [2.75, 3.05) is 39.6 Å². The number of carbonyl (C=O) groups is 4. The van der Waals surface area contributed by atoms with Crippen LogP contribution in [0.2, 0.25) is 0 Å². The second-order valence-electron chi connectivity index (χ2n) is 26.7. The highest BCUT2D eigenvalue weighted by Crippen LogP contribution is 2.45. The largest absolute Gasteiger partial charge is 0.472 e. The Morgan fingerprint density at radius 2 is 0.593 bits per heavy atom. The van der Waals surface area contributed by atoms with Crippen LogP contribution in [0.1, 0.15) is 337 Å². The molecule has 0 heterocycles. The van der Waals surface area contributed by atoms with Crippen molar-refractivity contribution in [2.45, 2.75) is 356 Å². The van der Waals surface area contributed by atoms with E-state index in [9.17, 15) is 43.2 Å². The Hall–Kier alpha value is -2.46. The lowest BCUT2D eigenvalue weighted by molar-refractivity contribution is -0.161. The van der Waals surface area contributed by atoms with E-state index in [1.54, 1.807) is 0 Å². The van der Waals surface area contributed by atoms with Gasteiger partial charge < -0.3 is 33.8 Å². The first-order valence-corrected chi connectivity index (χ1v) is 39.7. The van der Waals surface area contributed by atoms with Gasteiger partial charge in [0.2, 0.25) is 0 Å². The van der Waals surface area contributed by atoms with Crippen LogP contribution in [0.15, 0.2) is 24.3 Å². The summed E-state index contributed by atoms with van der Waals surface area (Å²) >= 11 is 0. The van der Waals surface area contributed by atoms with Gasteiger partial charge in [0.1, 0.15) is 19.3 Å². The van der Waals surface area contributed by atoms with Gasteiger partial charge in [-0.25, -0.2) is 9.13 Å². The third-order valence-electron chi connectivity index (χ3n) is 16.0. The van der Waals surface area contributed by atoms with Gasteiger partial charge in [0.15, 0.2) is 12.2 Å². The predicted molar refractivity (Wildman–Crippen MR) is 367 cm³/mol. The summed E-state index contributed by atoms with van der Waals surface area (Å²) < 4.78 is 68.3. The Bertz CT molecular complexity index is 1880. The van der Waals surface area contributed by atoms with Crippen LogP contribution in [0.3, 0.4) is 0 Å². The highest BCUT2D eigenvalue weighted by molar-refractivity contribution is 7.47. The van der Waals surface area contributed by atoms with Gasteiger partial charge in [0.05, 0.1) is 26.4 Å². The van der Waals surface area contributed by atoms with Crippen molar-refractivity contribution < 1.29 is 80.2 Å². The van der Waals surface area contributed by atoms with Crippen molar-refractivity contribution in [2.24, 2.45) is 17.8 Å².